The number of amides is 1. The number of halogens is 1. The molecule has 0 atom stereocenters. The van der Waals surface area contributed by atoms with Crippen molar-refractivity contribution in [2.45, 2.75) is 6.92 Å². The number of nitrogens with one attached hydrogen (secondary N) is 1. The van der Waals surface area contributed by atoms with Gasteiger partial charge in [-0.1, -0.05) is 17.7 Å². The fraction of sp³-hybridized carbons (Fsp3) is 0.222. The molecule has 0 saturated heterocycles. The molecular formula is C18H19ClN2O4. The highest BCUT2D eigenvalue weighted by molar-refractivity contribution is 6.30. The second kappa shape index (κ2) is 8.94. The molecule has 2 rings (SSSR count). The molecule has 1 N–H and O–H groups in total. The summed E-state index contributed by atoms with van der Waals surface area (Å²) in [7, 11) is 3.13. The van der Waals surface area contributed by atoms with Crippen molar-refractivity contribution in [1.29, 1.82) is 0 Å². The van der Waals surface area contributed by atoms with E-state index in [2.05, 4.69) is 10.5 Å². The van der Waals surface area contributed by atoms with E-state index in [9.17, 15) is 4.79 Å². The number of carbonyl (C=O) groups excluding carboxylic acids is 1. The Hall–Kier alpha value is -2.73. The SMILES string of the molecule is COc1cc(C)c(/C=N/NC(=O)COc2cccc(Cl)c2)cc1OC. The first-order valence-electron chi connectivity index (χ1n) is 7.46. The monoisotopic (exact) mass is 362 g/mol. The van der Waals surface area contributed by atoms with Crippen LogP contribution < -0.4 is 19.6 Å². The molecule has 0 aliphatic carbocycles. The van der Waals surface area contributed by atoms with Gasteiger partial charge in [0.2, 0.25) is 0 Å². The zero-order chi connectivity index (χ0) is 18.2. The number of ether oxygens (including phenoxy) is 3. The summed E-state index contributed by atoms with van der Waals surface area (Å²) < 4.78 is 15.8. The minimum absolute atomic E-state index is 0.164. The van der Waals surface area contributed by atoms with Gasteiger partial charge in [0, 0.05) is 10.6 Å². The fourth-order valence-corrected chi connectivity index (χ4v) is 2.23. The van der Waals surface area contributed by atoms with Crippen LogP contribution in [-0.2, 0) is 4.79 Å². The van der Waals surface area contributed by atoms with Gasteiger partial charge in [-0.2, -0.15) is 5.10 Å². The van der Waals surface area contributed by atoms with Crippen molar-refractivity contribution >= 4 is 23.7 Å². The van der Waals surface area contributed by atoms with E-state index in [4.69, 9.17) is 25.8 Å². The topological polar surface area (TPSA) is 69.2 Å². The van der Waals surface area contributed by atoms with Gasteiger partial charge in [0.1, 0.15) is 5.75 Å². The minimum atomic E-state index is -0.380. The van der Waals surface area contributed by atoms with Gasteiger partial charge in [-0.05, 0) is 42.8 Å². The highest BCUT2D eigenvalue weighted by atomic mass is 35.5. The maximum absolute atomic E-state index is 11.8. The highest BCUT2D eigenvalue weighted by Gasteiger charge is 2.07. The van der Waals surface area contributed by atoms with Crippen LogP contribution in [0.25, 0.3) is 0 Å². The van der Waals surface area contributed by atoms with Gasteiger partial charge in [-0.3, -0.25) is 4.79 Å². The van der Waals surface area contributed by atoms with Crippen molar-refractivity contribution in [2.24, 2.45) is 5.10 Å². The standard InChI is InChI=1S/C18H19ClN2O4/c1-12-7-16(23-2)17(24-3)8-13(12)10-20-21-18(22)11-25-15-6-4-5-14(19)9-15/h4-10H,11H2,1-3H3,(H,21,22)/b20-10+. The molecule has 0 saturated carbocycles. The van der Waals surface area contributed by atoms with Crippen LogP contribution in [0.5, 0.6) is 17.2 Å². The molecule has 0 unspecified atom stereocenters. The maximum Gasteiger partial charge on any atom is 0.277 e. The number of hydrogen-bond donors (Lipinski definition) is 1. The van der Waals surface area contributed by atoms with E-state index in [-0.39, 0.29) is 12.5 Å². The predicted octanol–water partition coefficient (Wildman–Crippen LogP) is 3.19. The van der Waals surface area contributed by atoms with Crippen LogP contribution in [0.15, 0.2) is 41.5 Å². The number of rotatable bonds is 7. The van der Waals surface area contributed by atoms with Crippen molar-refractivity contribution in [3.8, 4) is 17.2 Å². The number of aryl methyl sites for hydroxylation is 1. The lowest BCUT2D eigenvalue weighted by Crippen LogP contribution is -2.24. The van der Waals surface area contributed by atoms with Crippen molar-refractivity contribution < 1.29 is 19.0 Å². The zero-order valence-electron chi connectivity index (χ0n) is 14.2. The average Bonchev–Trinajstić information content (AvgIpc) is 2.61. The third-order valence-corrected chi connectivity index (χ3v) is 3.57. The third kappa shape index (κ3) is 5.39. The predicted molar refractivity (Wildman–Crippen MR) is 97.0 cm³/mol. The quantitative estimate of drug-likeness (QED) is 0.606. The summed E-state index contributed by atoms with van der Waals surface area (Å²) in [6, 6.07) is 10.4. The molecule has 0 aliphatic heterocycles. The van der Waals surface area contributed by atoms with Crippen LogP contribution in [0.1, 0.15) is 11.1 Å². The molecule has 0 radical (unpaired) electrons. The summed E-state index contributed by atoms with van der Waals surface area (Å²) in [5.74, 6) is 1.36. The molecule has 0 spiro atoms. The Morgan fingerprint density at radius 1 is 1.20 bits per heavy atom. The normalized spacial score (nSPS) is 10.6. The number of hydrogen-bond acceptors (Lipinski definition) is 5. The summed E-state index contributed by atoms with van der Waals surface area (Å²) in [5.41, 5.74) is 4.15. The Morgan fingerprint density at radius 3 is 2.60 bits per heavy atom. The van der Waals surface area contributed by atoms with E-state index < -0.39 is 0 Å². The van der Waals surface area contributed by atoms with Gasteiger partial charge < -0.3 is 14.2 Å². The van der Waals surface area contributed by atoms with E-state index in [1.807, 2.05) is 13.0 Å². The van der Waals surface area contributed by atoms with Crippen LogP contribution >= 0.6 is 11.6 Å². The van der Waals surface area contributed by atoms with E-state index in [1.54, 1.807) is 44.6 Å². The van der Waals surface area contributed by atoms with Gasteiger partial charge in [-0.25, -0.2) is 5.43 Å². The Bertz CT molecular complexity index is 778. The van der Waals surface area contributed by atoms with Crippen LogP contribution in [-0.4, -0.2) is 32.9 Å². The van der Waals surface area contributed by atoms with E-state index in [0.29, 0.717) is 22.3 Å². The second-order valence-electron chi connectivity index (χ2n) is 5.10. The molecule has 1 amide bonds. The summed E-state index contributed by atoms with van der Waals surface area (Å²) >= 11 is 5.85. The third-order valence-electron chi connectivity index (χ3n) is 3.33. The first kappa shape index (κ1) is 18.6. The second-order valence-corrected chi connectivity index (χ2v) is 5.54. The van der Waals surface area contributed by atoms with E-state index >= 15 is 0 Å². The lowest BCUT2D eigenvalue weighted by molar-refractivity contribution is -0.123. The molecule has 0 fully saturated rings. The van der Waals surface area contributed by atoms with Crippen LogP contribution in [0.4, 0.5) is 0 Å². The maximum atomic E-state index is 11.8. The molecule has 0 aromatic heterocycles. The van der Waals surface area contributed by atoms with Gasteiger partial charge >= 0.3 is 0 Å². The van der Waals surface area contributed by atoms with Crippen LogP contribution in [0.3, 0.4) is 0 Å². The van der Waals surface area contributed by atoms with E-state index in [1.165, 1.54) is 6.21 Å². The minimum Gasteiger partial charge on any atom is -0.493 e. The Labute approximate surface area is 151 Å². The summed E-state index contributed by atoms with van der Waals surface area (Å²) in [4.78, 5) is 11.8. The average molecular weight is 363 g/mol. The molecule has 132 valence electrons. The Morgan fingerprint density at radius 2 is 1.92 bits per heavy atom. The molecule has 6 nitrogen and oxygen atoms in total. The molecule has 0 heterocycles. The van der Waals surface area contributed by atoms with Crippen molar-refractivity contribution in [3.63, 3.8) is 0 Å². The van der Waals surface area contributed by atoms with Crippen molar-refractivity contribution in [2.75, 3.05) is 20.8 Å². The summed E-state index contributed by atoms with van der Waals surface area (Å²) in [5, 5.41) is 4.48. The zero-order valence-corrected chi connectivity index (χ0v) is 15.0. The lowest BCUT2D eigenvalue weighted by atomic mass is 10.1. The largest absolute Gasteiger partial charge is 0.493 e. The fourth-order valence-electron chi connectivity index (χ4n) is 2.05. The molecule has 0 bridgehead atoms. The van der Waals surface area contributed by atoms with Gasteiger partial charge in [0.25, 0.3) is 5.91 Å². The Balaban J connectivity index is 1.93. The molecule has 25 heavy (non-hydrogen) atoms. The number of benzene rings is 2. The van der Waals surface area contributed by atoms with Crippen LogP contribution in [0, 0.1) is 6.92 Å². The van der Waals surface area contributed by atoms with Gasteiger partial charge in [0.15, 0.2) is 18.1 Å². The smallest absolute Gasteiger partial charge is 0.277 e. The lowest BCUT2D eigenvalue weighted by Gasteiger charge is -2.10. The first-order chi connectivity index (χ1) is 12.0. The number of methoxy groups -OCH3 is 2. The molecule has 0 aliphatic rings. The first-order valence-corrected chi connectivity index (χ1v) is 7.84. The van der Waals surface area contributed by atoms with E-state index in [0.717, 1.165) is 11.1 Å². The molecule has 7 heteroatoms. The Kier molecular flexibility index (Phi) is 6.65. The van der Waals surface area contributed by atoms with Crippen LogP contribution in [0.2, 0.25) is 5.02 Å². The summed E-state index contributed by atoms with van der Waals surface area (Å²) in [6.07, 6.45) is 1.54. The van der Waals surface area contributed by atoms with Crippen molar-refractivity contribution in [1.82, 2.24) is 5.43 Å². The molecule has 2 aromatic rings. The number of hydrazone groups is 1. The van der Waals surface area contributed by atoms with Gasteiger partial charge in [0.05, 0.1) is 20.4 Å². The molecular weight excluding hydrogens is 344 g/mol. The van der Waals surface area contributed by atoms with Gasteiger partial charge in [-0.15, -0.1) is 0 Å². The summed E-state index contributed by atoms with van der Waals surface area (Å²) in [6.45, 7) is 1.75. The number of carbonyl (C=O) groups is 1. The highest BCUT2D eigenvalue weighted by Crippen LogP contribution is 2.29. The number of nitrogens with zero attached hydrogens (tertiary/aromatic N) is 1. The molecule has 2 aromatic carbocycles. The van der Waals surface area contributed by atoms with Crippen molar-refractivity contribution in [3.05, 3.63) is 52.5 Å².